The number of nitrogens with zero attached hydrogens (tertiary/aromatic N) is 1. The predicted molar refractivity (Wildman–Crippen MR) is 113 cm³/mol. The minimum atomic E-state index is -0.187. The molecule has 0 bridgehead atoms. The monoisotopic (exact) mass is 418 g/mol. The van der Waals surface area contributed by atoms with Crippen LogP contribution in [0.5, 0.6) is 0 Å². The average Bonchev–Trinajstić information content (AvgIpc) is 2.57. The lowest BCUT2D eigenvalue weighted by Crippen LogP contribution is -2.34. The second-order valence-electron chi connectivity index (χ2n) is 6.58. The van der Waals surface area contributed by atoms with Gasteiger partial charge in [0.1, 0.15) is 5.82 Å². The molecule has 26 heavy (non-hydrogen) atoms. The van der Waals surface area contributed by atoms with E-state index in [4.69, 9.17) is 28.9 Å². The molecule has 0 aliphatic rings. The standard InChI is InChI=1S/C20H25Cl2FN2.ClH/c1-14(2)25(10-3-4-15-5-7-17(23)8-6-15)11-9-16-12-18(21)20(24)19(22)13-16;/h5-8,12-14H,3-4,9-11,24H2,1-2H3;1H. The van der Waals surface area contributed by atoms with Crippen LogP contribution in [0, 0.1) is 5.82 Å². The van der Waals surface area contributed by atoms with Crippen LogP contribution in [-0.2, 0) is 12.8 Å². The second kappa shape index (κ2) is 11.0. The van der Waals surface area contributed by atoms with Crippen LogP contribution in [0.2, 0.25) is 10.0 Å². The number of anilines is 1. The highest BCUT2D eigenvalue weighted by molar-refractivity contribution is 6.38. The van der Waals surface area contributed by atoms with Gasteiger partial charge in [0, 0.05) is 12.6 Å². The van der Waals surface area contributed by atoms with Gasteiger partial charge in [0.15, 0.2) is 0 Å². The van der Waals surface area contributed by atoms with E-state index >= 15 is 0 Å². The van der Waals surface area contributed by atoms with Crippen molar-refractivity contribution < 1.29 is 4.39 Å². The number of benzene rings is 2. The molecule has 2 aromatic rings. The number of hydrogen-bond acceptors (Lipinski definition) is 2. The molecule has 0 atom stereocenters. The lowest BCUT2D eigenvalue weighted by molar-refractivity contribution is 0.222. The molecule has 0 aliphatic heterocycles. The van der Waals surface area contributed by atoms with Crippen molar-refractivity contribution in [3.05, 3.63) is 63.4 Å². The van der Waals surface area contributed by atoms with Crippen molar-refractivity contribution in [2.24, 2.45) is 0 Å². The van der Waals surface area contributed by atoms with Crippen molar-refractivity contribution in [1.82, 2.24) is 4.90 Å². The summed E-state index contributed by atoms with van der Waals surface area (Å²) in [4.78, 5) is 2.43. The molecule has 0 fully saturated rings. The first kappa shape index (κ1) is 23.0. The Morgan fingerprint density at radius 2 is 1.54 bits per heavy atom. The van der Waals surface area contributed by atoms with Gasteiger partial charge in [-0.25, -0.2) is 4.39 Å². The lowest BCUT2D eigenvalue weighted by Gasteiger charge is -2.26. The molecule has 0 spiro atoms. The van der Waals surface area contributed by atoms with E-state index in [0.29, 0.717) is 21.8 Å². The van der Waals surface area contributed by atoms with E-state index in [1.54, 1.807) is 0 Å². The molecule has 2 rings (SSSR count). The van der Waals surface area contributed by atoms with Crippen LogP contribution in [0.25, 0.3) is 0 Å². The van der Waals surface area contributed by atoms with E-state index in [-0.39, 0.29) is 18.2 Å². The van der Waals surface area contributed by atoms with Gasteiger partial charge < -0.3 is 10.6 Å². The van der Waals surface area contributed by atoms with Crippen LogP contribution in [0.1, 0.15) is 31.4 Å². The second-order valence-corrected chi connectivity index (χ2v) is 7.40. The quantitative estimate of drug-likeness (QED) is 0.530. The van der Waals surface area contributed by atoms with Gasteiger partial charge in [-0.05, 0) is 75.0 Å². The van der Waals surface area contributed by atoms with Crippen molar-refractivity contribution in [3.63, 3.8) is 0 Å². The first-order chi connectivity index (χ1) is 11.9. The molecule has 0 heterocycles. The Hall–Kier alpha value is -1.000. The highest BCUT2D eigenvalue weighted by Gasteiger charge is 2.11. The predicted octanol–water partition coefficient (Wildman–Crippen LogP) is 6.02. The topological polar surface area (TPSA) is 29.3 Å². The zero-order valence-corrected chi connectivity index (χ0v) is 17.5. The summed E-state index contributed by atoms with van der Waals surface area (Å²) >= 11 is 12.2. The largest absolute Gasteiger partial charge is 0.396 e. The number of rotatable bonds is 8. The minimum absolute atomic E-state index is 0. The Kier molecular flexibility index (Phi) is 9.73. The molecular formula is C20H26Cl3FN2. The van der Waals surface area contributed by atoms with Crippen LogP contribution >= 0.6 is 35.6 Å². The summed E-state index contributed by atoms with van der Waals surface area (Å²) in [5.41, 5.74) is 8.48. The van der Waals surface area contributed by atoms with Crippen LogP contribution in [-0.4, -0.2) is 24.0 Å². The first-order valence-corrected chi connectivity index (χ1v) is 9.34. The molecule has 144 valence electrons. The van der Waals surface area contributed by atoms with E-state index in [1.807, 2.05) is 24.3 Å². The Labute approximate surface area is 171 Å². The van der Waals surface area contributed by atoms with Gasteiger partial charge in [0.25, 0.3) is 0 Å². The summed E-state index contributed by atoms with van der Waals surface area (Å²) in [7, 11) is 0. The highest BCUT2D eigenvalue weighted by atomic mass is 35.5. The van der Waals surface area contributed by atoms with Gasteiger partial charge in [0.05, 0.1) is 15.7 Å². The van der Waals surface area contributed by atoms with Gasteiger partial charge in [0.2, 0.25) is 0 Å². The molecule has 6 heteroatoms. The minimum Gasteiger partial charge on any atom is -0.396 e. The van der Waals surface area contributed by atoms with Crippen molar-refractivity contribution in [2.75, 3.05) is 18.8 Å². The number of nitrogens with two attached hydrogens (primary N) is 1. The molecule has 0 aliphatic carbocycles. The molecule has 2 aromatic carbocycles. The Morgan fingerprint density at radius 3 is 2.08 bits per heavy atom. The Balaban J connectivity index is 0.00000338. The van der Waals surface area contributed by atoms with Gasteiger partial charge in [-0.2, -0.15) is 0 Å². The molecule has 2 nitrogen and oxygen atoms in total. The van der Waals surface area contributed by atoms with Crippen molar-refractivity contribution in [1.29, 1.82) is 0 Å². The smallest absolute Gasteiger partial charge is 0.123 e. The fourth-order valence-corrected chi connectivity index (χ4v) is 3.35. The number of hydrogen-bond donors (Lipinski definition) is 1. The summed E-state index contributed by atoms with van der Waals surface area (Å²) in [6, 6.07) is 11.0. The fraction of sp³-hybridized carbons (Fsp3) is 0.400. The maximum Gasteiger partial charge on any atom is 0.123 e. The van der Waals surface area contributed by atoms with Gasteiger partial charge in [-0.15, -0.1) is 12.4 Å². The lowest BCUT2D eigenvalue weighted by atomic mass is 10.1. The van der Waals surface area contributed by atoms with E-state index in [0.717, 1.165) is 37.9 Å². The summed E-state index contributed by atoms with van der Waals surface area (Å²) in [5, 5.41) is 1.02. The molecule has 2 N–H and O–H groups in total. The van der Waals surface area contributed by atoms with Gasteiger partial charge in [-0.1, -0.05) is 35.3 Å². The molecule has 0 saturated heterocycles. The van der Waals surface area contributed by atoms with E-state index < -0.39 is 0 Å². The summed E-state index contributed by atoms with van der Waals surface area (Å²) in [5.74, 6) is -0.187. The Morgan fingerprint density at radius 1 is 0.962 bits per heavy atom. The summed E-state index contributed by atoms with van der Waals surface area (Å²) < 4.78 is 13.0. The van der Waals surface area contributed by atoms with Crippen molar-refractivity contribution in [2.45, 2.75) is 39.2 Å². The third-order valence-corrected chi connectivity index (χ3v) is 5.01. The van der Waals surface area contributed by atoms with Crippen molar-refractivity contribution in [3.8, 4) is 0 Å². The van der Waals surface area contributed by atoms with E-state index in [1.165, 1.54) is 17.7 Å². The Bertz CT molecular complexity index is 667. The van der Waals surface area contributed by atoms with Crippen LogP contribution < -0.4 is 5.73 Å². The number of aryl methyl sites for hydroxylation is 1. The number of nitrogen functional groups attached to an aromatic ring is 1. The van der Waals surface area contributed by atoms with E-state index in [9.17, 15) is 4.39 Å². The average molecular weight is 420 g/mol. The van der Waals surface area contributed by atoms with Crippen LogP contribution in [0.4, 0.5) is 10.1 Å². The third-order valence-electron chi connectivity index (χ3n) is 4.38. The van der Waals surface area contributed by atoms with Gasteiger partial charge >= 0.3 is 0 Å². The van der Waals surface area contributed by atoms with Gasteiger partial charge in [-0.3, -0.25) is 0 Å². The summed E-state index contributed by atoms with van der Waals surface area (Å²) in [6.07, 6.45) is 2.85. The van der Waals surface area contributed by atoms with Crippen LogP contribution in [0.15, 0.2) is 36.4 Å². The zero-order valence-electron chi connectivity index (χ0n) is 15.1. The maximum atomic E-state index is 13.0. The summed E-state index contributed by atoms with van der Waals surface area (Å²) in [6.45, 7) is 6.31. The highest BCUT2D eigenvalue weighted by Crippen LogP contribution is 2.29. The molecule has 0 radical (unpaired) electrons. The normalized spacial score (nSPS) is 11.0. The van der Waals surface area contributed by atoms with E-state index in [2.05, 4.69) is 18.7 Å². The first-order valence-electron chi connectivity index (χ1n) is 8.58. The SMILES string of the molecule is CC(C)N(CCCc1ccc(F)cc1)CCc1cc(Cl)c(N)c(Cl)c1.Cl. The fourth-order valence-electron chi connectivity index (χ4n) is 2.82. The molecule has 0 saturated carbocycles. The van der Waals surface area contributed by atoms with Crippen LogP contribution in [0.3, 0.4) is 0 Å². The number of halogens is 4. The molecule has 0 amide bonds. The molecule has 0 unspecified atom stereocenters. The molecular weight excluding hydrogens is 394 g/mol. The maximum absolute atomic E-state index is 13.0. The molecule has 0 aromatic heterocycles. The third kappa shape index (κ3) is 6.96. The van der Waals surface area contributed by atoms with Crippen molar-refractivity contribution >= 4 is 41.3 Å². The zero-order chi connectivity index (χ0) is 18.4.